The molecule has 0 heterocycles. The average molecular weight is 203 g/mol. The molecule has 0 unspecified atom stereocenters. The first-order valence-corrected chi connectivity index (χ1v) is 5.34. The van der Waals surface area contributed by atoms with Gasteiger partial charge in [-0.3, -0.25) is 0 Å². The van der Waals surface area contributed by atoms with Gasteiger partial charge in [-0.2, -0.15) is 0 Å². The SMILES string of the molecule is C=C(C)N(CCCO)CCCO.CC. The van der Waals surface area contributed by atoms with Gasteiger partial charge in [0.05, 0.1) is 0 Å². The summed E-state index contributed by atoms with van der Waals surface area (Å²) in [6.07, 6.45) is 1.52. The lowest BCUT2D eigenvalue weighted by molar-refractivity contribution is 0.229. The quantitative estimate of drug-likeness (QED) is 0.660. The Hall–Kier alpha value is -0.540. The third-order valence-corrected chi connectivity index (χ3v) is 1.71. The summed E-state index contributed by atoms with van der Waals surface area (Å²) in [5, 5.41) is 17.2. The minimum atomic E-state index is 0.211. The van der Waals surface area contributed by atoms with Gasteiger partial charge in [0.2, 0.25) is 0 Å². The Bertz CT molecular complexity index is 118. The van der Waals surface area contributed by atoms with E-state index in [1.54, 1.807) is 0 Å². The molecule has 0 aromatic rings. The van der Waals surface area contributed by atoms with Gasteiger partial charge in [-0.25, -0.2) is 0 Å². The zero-order chi connectivity index (χ0) is 11.4. The van der Waals surface area contributed by atoms with Crippen LogP contribution in [0.5, 0.6) is 0 Å². The summed E-state index contributed by atoms with van der Waals surface area (Å²) >= 11 is 0. The highest BCUT2D eigenvalue weighted by atomic mass is 16.3. The summed E-state index contributed by atoms with van der Waals surface area (Å²) in [5.41, 5.74) is 0.997. The van der Waals surface area contributed by atoms with E-state index < -0.39 is 0 Å². The van der Waals surface area contributed by atoms with Crippen LogP contribution in [-0.2, 0) is 0 Å². The molecule has 0 bridgehead atoms. The first-order chi connectivity index (χ1) is 6.72. The normalized spacial score (nSPS) is 8.93. The summed E-state index contributed by atoms with van der Waals surface area (Å²) in [6, 6.07) is 0. The molecule has 14 heavy (non-hydrogen) atoms. The van der Waals surface area contributed by atoms with Crippen molar-refractivity contribution >= 4 is 0 Å². The summed E-state index contributed by atoms with van der Waals surface area (Å²) in [5.74, 6) is 0. The summed E-state index contributed by atoms with van der Waals surface area (Å²) < 4.78 is 0. The smallest absolute Gasteiger partial charge is 0.0447 e. The largest absolute Gasteiger partial charge is 0.396 e. The van der Waals surface area contributed by atoms with E-state index >= 15 is 0 Å². The molecule has 0 aliphatic carbocycles. The van der Waals surface area contributed by atoms with Crippen LogP contribution >= 0.6 is 0 Å². The second-order valence-corrected chi connectivity index (χ2v) is 2.88. The molecule has 0 saturated heterocycles. The van der Waals surface area contributed by atoms with Gasteiger partial charge in [-0.15, -0.1) is 0 Å². The second kappa shape index (κ2) is 12.5. The zero-order valence-corrected chi connectivity index (χ0v) is 9.79. The van der Waals surface area contributed by atoms with E-state index in [0.29, 0.717) is 0 Å². The molecule has 0 fully saturated rings. The number of aliphatic hydroxyl groups excluding tert-OH is 2. The Kier molecular flexibility index (Phi) is 14.2. The fraction of sp³-hybridized carbons (Fsp3) is 0.818. The van der Waals surface area contributed by atoms with Crippen LogP contribution in [0.2, 0.25) is 0 Å². The fourth-order valence-corrected chi connectivity index (χ4v) is 1.02. The average Bonchev–Trinajstić information content (AvgIpc) is 2.20. The summed E-state index contributed by atoms with van der Waals surface area (Å²) in [7, 11) is 0. The Morgan fingerprint density at radius 2 is 1.43 bits per heavy atom. The maximum Gasteiger partial charge on any atom is 0.0447 e. The highest BCUT2D eigenvalue weighted by Gasteiger charge is 2.01. The number of rotatable bonds is 7. The molecule has 0 aromatic heterocycles. The van der Waals surface area contributed by atoms with Crippen molar-refractivity contribution in [2.45, 2.75) is 33.6 Å². The molecule has 0 aliphatic rings. The maximum atomic E-state index is 8.62. The second-order valence-electron chi connectivity index (χ2n) is 2.88. The molecular weight excluding hydrogens is 178 g/mol. The molecule has 0 radical (unpaired) electrons. The van der Waals surface area contributed by atoms with E-state index in [2.05, 4.69) is 11.5 Å². The monoisotopic (exact) mass is 203 g/mol. The van der Waals surface area contributed by atoms with Gasteiger partial charge in [0, 0.05) is 32.0 Å². The van der Waals surface area contributed by atoms with Crippen LogP contribution in [-0.4, -0.2) is 41.4 Å². The van der Waals surface area contributed by atoms with Gasteiger partial charge in [-0.1, -0.05) is 20.4 Å². The van der Waals surface area contributed by atoms with Gasteiger partial charge < -0.3 is 15.1 Å². The highest BCUT2D eigenvalue weighted by molar-refractivity contribution is 4.88. The van der Waals surface area contributed by atoms with Crippen molar-refractivity contribution in [3.63, 3.8) is 0 Å². The van der Waals surface area contributed by atoms with Crippen molar-refractivity contribution in [2.24, 2.45) is 0 Å². The molecule has 3 nitrogen and oxygen atoms in total. The molecule has 86 valence electrons. The lowest BCUT2D eigenvalue weighted by Gasteiger charge is -2.23. The van der Waals surface area contributed by atoms with E-state index in [9.17, 15) is 0 Å². The van der Waals surface area contributed by atoms with Crippen molar-refractivity contribution in [1.82, 2.24) is 4.90 Å². The van der Waals surface area contributed by atoms with Crippen LogP contribution in [0.1, 0.15) is 33.6 Å². The van der Waals surface area contributed by atoms with E-state index in [1.807, 2.05) is 20.8 Å². The lowest BCUT2D eigenvalue weighted by Crippen LogP contribution is -2.24. The molecule has 0 saturated carbocycles. The first kappa shape index (κ1) is 15.9. The Morgan fingerprint density at radius 1 is 1.07 bits per heavy atom. The Labute approximate surface area is 88.1 Å². The van der Waals surface area contributed by atoms with E-state index in [-0.39, 0.29) is 13.2 Å². The highest BCUT2D eigenvalue weighted by Crippen LogP contribution is 2.02. The van der Waals surface area contributed by atoms with Crippen LogP contribution in [0.25, 0.3) is 0 Å². The molecule has 0 rings (SSSR count). The fourth-order valence-electron chi connectivity index (χ4n) is 1.02. The van der Waals surface area contributed by atoms with Gasteiger partial charge in [0.15, 0.2) is 0 Å². The minimum absolute atomic E-state index is 0.211. The van der Waals surface area contributed by atoms with Crippen molar-refractivity contribution in [3.05, 3.63) is 12.3 Å². The van der Waals surface area contributed by atoms with Crippen molar-refractivity contribution in [1.29, 1.82) is 0 Å². The number of aliphatic hydroxyl groups is 2. The third-order valence-electron chi connectivity index (χ3n) is 1.71. The summed E-state index contributed by atoms with van der Waals surface area (Å²) in [6.45, 7) is 11.8. The predicted molar refractivity (Wildman–Crippen MR) is 61.1 cm³/mol. The van der Waals surface area contributed by atoms with Crippen LogP contribution < -0.4 is 0 Å². The molecule has 3 heteroatoms. The van der Waals surface area contributed by atoms with Crippen LogP contribution in [0.3, 0.4) is 0 Å². The molecule has 0 aliphatic heterocycles. The topological polar surface area (TPSA) is 43.7 Å². The number of nitrogens with zero attached hydrogens (tertiary/aromatic N) is 1. The molecule has 2 N–H and O–H groups in total. The van der Waals surface area contributed by atoms with Gasteiger partial charge >= 0.3 is 0 Å². The maximum absolute atomic E-state index is 8.62. The zero-order valence-electron chi connectivity index (χ0n) is 9.79. The van der Waals surface area contributed by atoms with E-state index in [4.69, 9.17) is 10.2 Å². The first-order valence-electron chi connectivity index (χ1n) is 5.34. The van der Waals surface area contributed by atoms with Crippen molar-refractivity contribution in [2.75, 3.05) is 26.3 Å². The minimum Gasteiger partial charge on any atom is -0.396 e. The Morgan fingerprint density at radius 3 is 1.64 bits per heavy atom. The summed E-state index contributed by atoms with van der Waals surface area (Å²) in [4.78, 5) is 2.08. The van der Waals surface area contributed by atoms with Crippen LogP contribution in [0.15, 0.2) is 12.3 Å². The molecular formula is C11H25NO2. The molecule has 0 spiro atoms. The van der Waals surface area contributed by atoms with Gasteiger partial charge in [0.25, 0.3) is 0 Å². The number of hydrogen-bond acceptors (Lipinski definition) is 3. The number of hydrogen-bond donors (Lipinski definition) is 2. The third kappa shape index (κ3) is 9.55. The standard InChI is InChI=1S/C9H19NO2.C2H6/c1-9(2)10(5-3-7-11)6-4-8-12;1-2/h11-12H,1,3-8H2,2H3;1-2H3. The molecule has 0 atom stereocenters. The Balaban J connectivity index is 0. The van der Waals surface area contributed by atoms with Crippen molar-refractivity contribution < 1.29 is 10.2 Å². The van der Waals surface area contributed by atoms with Crippen LogP contribution in [0, 0.1) is 0 Å². The lowest BCUT2D eigenvalue weighted by atomic mass is 10.3. The van der Waals surface area contributed by atoms with Gasteiger partial charge in [0.1, 0.15) is 0 Å². The van der Waals surface area contributed by atoms with E-state index in [0.717, 1.165) is 31.6 Å². The van der Waals surface area contributed by atoms with Crippen LogP contribution in [0.4, 0.5) is 0 Å². The molecule has 0 aromatic carbocycles. The van der Waals surface area contributed by atoms with E-state index in [1.165, 1.54) is 0 Å². The van der Waals surface area contributed by atoms with Gasteiger partial charge in [-0.05, 0) is 19.8 Å². The number of allylic oxidation sites excluding steroid dienone is 1. The molecule has 0 amide bonds. The predicted octanol–water partition coefficient (Wildman–Crippen LogP) is 1.61. The van der Waals surface area contributed by atoms with Crippen molar-refractivity contribution in [3.8, 4) is 0 Å².